The van der Waals surface area contributed by atoms with E-state index in [0.717, 1.165) is 11.0 Å². The highest BCUT2D eigenvalue weighted by Gasteiger charge is 2.34. The lowest BCUT2D eigenvalue weighted by molar-refractivity contribution is -0.147. The second-order valence-corrected chi connectivity index (χ2v) is 6.20. The number of hydrogen-bond acceptors (Lipinski definition) is 6. The lowest BCUT2D eigenvalue weighted by Gasteiger charge is -2.28. The van der Waals surface area contributed by atoms with Gasteiger partial charge in [0.2, 0.25) is 0 Å². The molecule has 1 heterocycles. The smallest absolute Gasteiger partial charge is 0.325 e. The van der Waals surface area contributed by atoms with E-state index in [-0.39, 0.29) is 11.2 Å². The lowest BCUT2D eigenvalue weighted by Crippen LogP contribution is -2.49. The summed E-state index contributed by atoms with van der Waals surface area (Å²) in [6, 6.07) is 0. The number of aromatic nitrogens is 3. The van der Waals surface area contributed by atoms with Crippen LogP contribution in [-0.4, -0.2) is 45.7 Å². The molecule has 0 saturated heterocycles. The Balaban J connectivity index is 2.71. The monoisotopic (exact) mass is 286 g/mol. The Morgan fingerprint density at radius 3 is 2.63 bits per heavy atom. The summed E-state index contributed by atoms with van der Waals surface area (Å²) in [7, 11) is 5.10. The van der Waals surface area contributed by atoms with E-state index in [2.05, 4.69) is 22.4 Å². The molecule has 19 heavy (non-hydrogen) atoms. The summed E-state index contributed by atoms with van der Waals surface area (Å²) in [5, 5.41) is 12.2. The van der Waals surface area contributed by atoms with Gasteiger partial charge in [0.05, 0.1) is 7.11 Å². The predicted molar refractivity (Wildman–Crippen MR) is 75.2 cm³/mol. The zero-order chi connectivity index (χ0) is 14.6. The number of ether oxygens (including phenoxy) is 1. The molecule has 0 amide bonds. The largest absolute Gasteiger partial charge is 0.468 e. The maximum Gasteiger partial charge on any atom is 0.325 e. The molecule has 2 unspecified atom stereocenters. The Kier molecular flexibility index (Phi) is 5.37. The number of carbonyl (C=O) groups excluding carboxylic acids is 1. The molecule has 0 fully saturated rings. The van der Waals surface area contributed by atoms with Crippen LogP contribution in [0.25, 0.3) is 0 Å². The minimum Gasteiger partial charge on any atom is -0.468 e. The average Bonchev–Trinajstić information content (AvgIpc) is 2.69. The molecule has 1 N–H and O–H groups in total. The second-order valence-electron chi connectivity index (χ2n) is 4.80. The molecule has 0 aliphatic heterocycles. The Labute approximate surface area is 118 Å². The van der Waals surface area contributed by atoms with E-state index in [9.17, 15) is 4.79 Å². The van der Waals surface area contributed by atoms with Crippen molar-refractivity contribution in [3.63, 3.8) is 0 Å². The number of rotatable bonds is 6. The van der Waals surface area contributed by atoms with E-state index in [1.165, 1.54) is 7.11 Å². The van der Waals surface area contributed by atoms with Gasteiger partial charge in [-0.1, -0.05) is 18.7 Å². The SMILES string of the molecule is CNC(C)(CC(C)Sc1nnc(C)n1C)C(=O)OC. The quantitative estimate of drug-likeness (QED) is 0.625. The number of nitrogens with one attached hydrogen (secondary N) is 1. The van der Waals surface area contributed by atoms with E-state index >= 15 is 0 Å². The van der Waals surface area contributed by atoms with Gasteiger partial charge in [0, 0.05) is 12.3 Å². The van der Waals surface area contributed by atoms with Gasteiger partial charge in [0.25, 0.3) is 0 Å². The van der Waals surface area contributed by atoms with Crippen molar-refractivity contribution >= 4 is 17.7 Å². The Morgan fingerprint density at radius 2 is 2.21 bits per heavy atom. The highest BCUT2D eigenvalue weighted by molar-refractivity contribution is 7.99. The van der Waals surface area contributed by atoms with E-state index < -0.39 is 5.54 Å². The first-order chi connectivity index (χ1) is 8.84. The molecule has 1 aromatic rings. The average molecular weight is 286 g/mol. The van der Waals surface area contributed by atoms with Gasteiger partial charge >= 0.3 is 5.97 Å². The van der Waals surface area contributed by atoms with Crippen molar-refractivity contribution in [3.8, 4) is 0 Å². The van der Waals surface area contributed by atoms with Crippen molar-refractivity contribution in [2.75, 3.05) is 14.2 Å². The van der Waals surface area contributed by atoms with E-state index in [0.29, 0.717) is 6.42 Å². The van der Waals surface area contributed by atoms with Crippen LogP contribution < -0.4 is 5.32 Å². The van der Waals surface area contributed by atoms with E-state index in [4.69, 9.17) is 4.74 Å². The number of likely N-dealkylation sites (N-methyl/N-ethyl adjacent to an activating group) is 1. The fraction of sp³-hybridized carbons (Fsp3) is 0.750. The molecular formula is C12H22N4O2S. The van der Waals surface area contributed by atoms with Gasteiger partial charge in [-0.25, -0.2) is 0 Å². The standard InChI is InChI=1S/C12H22N4O2S/c1-8(7-12(3,13-4)10(17)18-6)19-11-15-14-9(2)16(11)5/h8,13H,7H2,1-6H3. The summed E-state index contributed by atoms with van der Waals surface area (Å²) < 4.78 is 6.78. The van der Waals surface area contributed by atoms with Gasteiger partial charge in [-0.2, -0.15) is 0 Å². The van der Waals surface area contributed by atoms with Crippen LogP contribution in [0.3, 0.4) is 0 Å². The molecular weight excluding hydrogens is 264 g/mol. The summed E-state index contributed by atoms with van der Waals surface area (Å²) in [6.07, 6.45) is 0.646. The number of aryl methyl sites for hydroxylation is 1. The van der Waals surface area contributed by atoms with Gasteiger partial charge in [-0.3, -0.25) is 4.79 Å². The van der Waals surface area contributed by atoms with E-state index in [1.807, 2.05) is 25.5 Å². The van der Waals surface area contributed by atoms with Gasteiger partial charge in [0.1, 0.15) is 11.4 Å². The third kappa shape index (κ3) is 3.70. The predicted octanol–water partition coefficient (Wildman–Crippen LogP) is 1.15. The van der Waals surface area contributed by atoms with Crippen molar-refractivity contribution in [2.24, 2.45) is 7.05 Å². The van der Waals surface area contributed by atoms with Gasteiger partial charge in [-0.05, 0) is 27.3 Å². The molecule has 0 bridgehead atoms. The summed E-state index contributed by atoms with van der Waals surface area (Å²) in [4.78, 5) is 11.8. The number of hydrogen-bond donors (Lipinski definition) is 1. The molecule has 0 saturated carbocycles. The molecule has 2 atom stereocenters. The summed E-state index contributed by atoms with van der Waals surface area (Å²) in [6.45, 7) is 5.82. The van der Waals surface area contributed by atoms with Gasteiger partial charge < -0.3 is 14.6 Å². The molecule has 0 aliphatic carbocycles. The number of esters is 1. The number of carbonyl (C=O) groups is 1. The molecule has 1 aromatic heterocycles. The normalized spacial score (nSPS) is 15.9. The van der Waals surface area contributed by atoms with Crippen molar-refractivity contribution in [1.29, 1.82) is 0 Å². The number of thioether (sulfide) groups is 1. The first kappa shape index (κ1) is 16.0. The van der Waals surface area contributed by atoms with Crippen molar-refractivity contribution in [1.82, 2.24) is 20.1 Å². The molecule has 0 radical (unpaired) electrons. The summed E-state index contributed by atoms with van der Waals surface area (Å²) >= 11 is 1.60. The van der Waals surface area contributed by atoms with Gasteiger partial charge in [0.15, 0.2) is 5.16 Å². The van der Waals surface area contributed by atoms with E-state index in [1.54, 1.807) is 18.8 Å². The van der Waals surface area contributed by atoms with Crippen LogP contribution in [0.1, 0.15) is 26.1 Å². The Bertz CT molecular complexity index is 449. The zero-order valence-corrected chi connectivity index (χ0v) is 13.2. The number of methoxy groups -OCH3 is 1. The molecule has 108 valence electrons. The third-order valence-corrected chi connectivity index (χ3v) is 4.38. The molecule has 6 nitrogen and oxygen atoms in total. The maximum atomic E-state index is 11.8. The topological polar surface area (TPSA) is 69.0 Å². The van der Waals surface area contributed by atoms with Crippen LogP contribution in [0, 0.1) is 6.92 Å². The van der Waals surface area contributed by atoms with Gasteiger partial charge in [-0.15, -0.1) is 10.2 Å². The maximum absolute atomic E-state index is 11.8. The minimum atomic E-state index is -0.686. The highest BCUT2D eigenvalue weighted by atomic mass is 32.2. The molecule has 0 aromatic carbocycles. The van der Waals surface area contributed by atoms with Crippen LogP contribution in [0.5, 0.6) is 0 Å². The van der Waals surface area contributed by atoms with Crippen molar-refractivity contribution in [2.45, 2.75) is 43.1 Å². The fourth-order valence-electron chi connectivity index (χ4n) is 1.80. The van der Waals surface area contributed by atoms with Crippen LogP contribution in [0.15, 0.2) is 5.16 Å². The molecule has 0 spiro atoms. The van der Waals surface area contributed by atoms with Crippen molar-refractivity contribution < 1.29 is 9.53 Å². The first-order valence-corrected chi connectivity index (χ1v) is 7.02. The summed E-state index contributed by atoms with van der Waals surface area (Å²) in [5.41, 5.74) is -0.686. The number of nitrogens with zero attached hydrogens (tertiary/aromatic N) is 3. The second kappa shape index (κ2) is 6.38. The molecule has 0 aliphatic rings. The van der Waals surface area contributed by atoms with Crippen molar-refractivity contribution in [3.05, 3.63) is 5.82 Å². The Hall–Kier alpha value is -1.08. The molecule has 1 rings (SSSR count). The van der Waals surface area contributed by atoms with Crippen LogP contribution in [0.2, 0.25) is 0 Å². The first-order valence-electron chi connectivity index (χ1n) is 6.14. The highest BCUT2D eigenvalue weighted by Crippen LogP contribution is 2.27. The zero-order valence-electron chi connectivity index (χ0n) is 12.4. The van der Waals surface area contributed by atoms with Crippen LogP contribution in [-0.2, 0) is 16.6 Å². The molecule has 7 heteroatoms. The van der Waals surface area contributed by atoms with Crippen LogP contribution >= 0.6 is 11.8 Å². The fourth-order valence-corrected chi connectivity index (χ4v) is 2.95. The van der Waals surface area contributed by atoms with Crippen LogP contribution in [0.4, 0.5) is 0 Å². The Morgan fingerprint density at radius 1 is 1.58 bits per heavy atom. The third-order valence-electron chi connectivity index (χ3n) is 3.24. The minimum absolute atomic E-state index is 0.207. The summed E-state index contributed by atoms with van der Waals surface area (Å²) in [5.74, 6) is 0.621. The lowest BCUT2D eigenvalue weighted by atomic mass is 9.96.